The van der Waals surface area contributed by atoms with Gasteiger partial charge < -0.3 is 5.11 Å². The third-order valence-corrected chi connectivity index (χ3v) is 2.65. The average molecular weight is 252 g/mol. The van der Waals surface area contributed by atoms with E-state index in [-0.39, 0.29) is 5.75 Å². The van der Waals surface area contributed by atoms with Crippen LogP contribution in [0.5, 0.6) is 5.75 Å². The van der Waals surface area contributed by atoms with Crippen molar-refractivity contribution in [3.63, 3.8) is 0 Å². The Morgan fingerprint density at radius 1 is 1.00 bits per heavy atom. The Morgan fingerprint density at radius 3 is 2.39 bits per heavy atom. The molecule has 0 aliphatic carbocycles. The number of benzene rings is 2. The van der Waals surface area contributed by atoms with Crippen molar-refractivity contribution in [2.45, 2.75) is 13.1 Å². The molecule has 4 heteroatoms. The van der Waals surface area contributed by atoms with E-state index in [1.807, 2.05) is 6.92 Å². The molecule has 0 bridgehead atoms. The van der Waals surface area contributed by atoms with Gasteiger partial charge in [-0.05, 0) is 36.8 Å². The van der Waals surface area contributed by atoms with Gasteiger partial charge in [0.25, 0.3) is 0 Å². The second-order valence-corrected chi connectivity index (χ2v) is 4.10. The summed E-state index contributed by atoms with van der Waals surface area (Å²) in [6.07, 6.45) is -4.38. The van der Waals surface area contributed by atoms with Crippen molar-refractivity contribution in [2.75, 3.05) is 0 Å². The van der Waals surface area contributed by atoms with E-state index in [2.05, 4.69) is 0 Å². The van der Waals surface area contributed by atoms with E-state index >= 15 is 0 Å². The predicted molar refractivity (Wildman–Crippen MR) is 63.3 cm³/mol. The van der Waals surface area contributed by atoms with E-state index in [4.69, 9.17) is 0 Å². The Bertz CT molecular complexity index is 573. The maximum absolute atomic E-state index is 12.6. The van der Waals surface area contributed by atoms with Crippen LogP contribution in [0.15, 0.2) is 42.5 Å². The molecule has 0 unspecified atom stereocenters. The van der Waals surface area contributed by atoms with Crippen molar-refractivity contribution in [2.24, 2.45) is 0 Å². The molecule has 0 heterocycles. The SMILES string of the molecule is Cc1ccc(O)c(-c2cccc(C(F)(F)F)c2)c1. The fourth-order valence-electron chi connectivity index (χ4n) is 1.74. The van der Waals surface area contributed by atoms with Crippen molar-refractivity contribution in [3.05, 3.63) is 53.6 Å². The Hall–Kier alpha value is -1.97. The zero-order chi connectivity index (χ0) is 13.3. The normalized spacial score (nSPS) is 11.6. The highest BCUT2D eigenvalue weighted by atomic mass is 19.4. The highest BCUT2D eigenvalue weighted by Gasteiger charge is 2.30. The van der Waals surface area contributed by atoms with Crippen LogP contribution in [-0.2, 0) is 6.18 Å². The fraction of sp³-hybridized carbons (Fsp3) is 0.143. The number of phenols is 1. The van der Waals surface area contributed by atoms with Gasteiger partial charge in [-0.1, -0.05) is 23.8 Å². The molecule has 94 valence electrons. The van der Waals surface area contributed by atoms with Gasteiger partial charge in [-0.15, -0.1) is 0 Å². The first kappa shape index (κ1) is 12.5. The quantitative estimate of drug-likeness (QED) is 0.798. The van der Waals surface area contributed by atoms with Gasteiger partial charge in [-0.3, -0.25) is 0 Å². The predicted octanol–water partition coefficient (Wildman–Crippen LogP) is 4.39. The number of alkyl halides is 3. The highest BCUT2D eigenvalue weighted by Crippen LogP contribution is 2.35. The van der Waals surface area contributed by atoms with Crippen LogP contribution in [0.4, 0.5) is 13.2 Å². The smallest absolute Gasteiger partial charge is 0.416 e. The van der Waals surface area contributed by atoms with Gasteiger partial charge in [0.1, 0.15) is 5.75 Å². The lowest BCUT2D eigenvalue weighted by Crippen LogP contribution is -2.04. The van der Waals surface area contributed by atoms with E-state index in [1.54, 1.807) is 18.2 Å². The lowest BCUT2D eigenvalue weighted by molar-refractivity contribution is -0.137. The summed E-state index contributed by atoms with van der Waals surface area (Å²) in [5, 5.41) is 9.70. The maximum atomic E-state index is 12.6. The molecule has 0 aliphatic rings. The number of halogens is 3. The van der Waals surface area contributed by atoms with Gasteiger partial charge in [0, 0.05) is 5.56 Å². The number of hydrogen-bond acceptors (Lipinski definition) is 1. The largest absolute Gasteiger partial charge is 0.507 e. The van der Waals surface area contributed by atoms with Crippen LogP contribution in [0.1, 0.15) is 11.1 Å². The summed E-state index contributed by atoms with van der Waals surface area (Å²) in [5.74, 6) is -0.0278. The Balaban J connectivity index is 2.55. The maximum Gasteiger partial charge on any atom is 0.416 e. The number of aromatic hydroxyl groups is 1. The second-order valence-electron chi connectivity index (χ2n) is 4.10. The minimum Gasteiger partial charge on any atom is -0.507 e. The molecular formula is C14H11F3O. The summed E-state index contributed by atoms with van der Waals surface area (Å²) in [7, 11) is 0. The van der Waals surface area contributed by atoms with Crippen LogP contribution in [0.2, 0.25) is 0 Å². The molecule has 0 aliphatic heterocycles. The molecule has 1 N–H and O–H groups in total. The van der Waals surface area contributed by atoms with Gasteiger partial charge >= 0.3 is 6.18 Å². The molecule has 0 aromatic heterocycles. The Kier molecular flexibility index (Phi) is 3.03. The monoisotopic (exact) mass is 252 g/mol. The molecule has 0 atom stereocenters. The van der Waals surface area contributed by atoms with E-state index in [9.17, 15) is 18.3 Å². The van der Waals surface area contributed by atoms with Crippen LogP contribution < -0.4 is 0 Å². The molecule has 0 spiro atoms. The standard InChI is InChI=1S/C14H11F3O/c1-9-5-6-13(18)12(7-9)10-3-2-4-11(8-10)14(15,16)17/h2-8,18H,1H3. The average Bonchev–Trinajstić information content (AvgIpc) is 2.31. The zero-order valence-corrected chi connectivity index (χ0v) is 9.62. The molecule has 2 rings (SSSR count). The first-order valence-electron chi connectivity index (χ1n) is 5.35. The third kappa shape index (κ3) is 2.47. The molecule has 0 saturated heterocycles. The van der Waals surface area contributed by atoms with E-state index in [0.29, 0.717) is 11.1 Å². The van der Waals surface area contributed by atoms with E-state index < -0.39 is 11.7 Å². The summed E-state index contributed by atoms with van der Waals surface area (Å²) < 4.78 is 37.8. The molecule has 18 heavy (non-hydrogen) atoms. The molecule has 0 saturated carbocycles. The zero-order valence-electron chi connectivity index (χ0n) is 9.62. The molecule has 0 amide bonds. The number of phenolic OH excluding ortho intramolecular Hbond substituents is 1. The van der Waals surface area contributed by atoms with Crippen LogP contribution in [0.3, 0.4) is 0 Å². The van der Waals surface area contributed by atoms with Crippen LogP contribution in [0.25, 0.3) is 11.1 Å². The summed E-state index contributed by atoms with van der Waals surface area (Å²) in [6.45, 7) is 1.82. The van der Waals surface area contributed by atoms with Gasteiger partial charge in [0.15, 0.2) is 0 Å². The molecular weight excluding hydrogens is 241 g/mol. The summed E-state index contributed by atoms with van der Waals surface area (Å²) >= 11 is 0. The second kappa shape index (κ2) is 4.37. The molecule has 2 aromatic carbocycles. The first-order valence-corrected chi connectivity index (χ1v) is 5.35. The van der Waals surface area contributed by atoms with Gasteiger partial charge in [0.2, 0.25) is 0 Å². The summed E-state index contributed by atoms with van der Waals surface area (Å²) in [6, 6.07) is 9.76. The summed E-state index contributed by atoms with van der Waals surface area (Å²) in [4.78, 5) is 0. The van der Waals surface area contributed by atoms with Crippen LogP contribution in [-0.4, -0.2) is 5.11 Å². The van der Waals surface area contributed by atoms with Crippen molar-refractivity contribution in [1.82, 2.24) is 0 Å². The van der Waals surface area contributed by atoms with Crippen LogP contribution in [0, 0.1) is 6.92 Å². The number of hydrogen-bond donors (Lipinski definition) is 1. The van der Waals surface area contributed by atoms with Gasteiger partial charge in [-0.25, -0.2) is 0 Å². The summed E-state index contributed by atoms with van der Waals surface area (Å²) in [5.41, 5.74) is 0.910. The van der Waals surface area contributed by atoms with Gasteiger partial charge in [0.05, 0.1) is 5.56 Å². The third-order valence-electron chi connectivity index (χ3n) is 2.65. The van der Waals surface area contributed by atoms with E-state index in [0.717, 1.165) is 17.7 Å². The van der Waals surface area contributed by atoms with E-state index in [1.165, 1.54) is 12.1 Å². The van der Waals surface area contributed by atoms with Crippen LogP contribution >= 0.6 is 0 Å². The lowest BCUT2D eigenvalue weighted by Gasteiger charge is -2.10. The van der Waals surface area contributed by atoms with Gasteiger partial charge in [-0.2, -0.15) is 13.2 Å². The van der Waals surface area contributed by atoms with Crippen molar-refractivity contribution < 1.29 is 18.3 Å². The Morgan fingerprint density at radius 2 is 1.72 bits per heavy atom. The minimum atomic E-state index is -4.38. The molecule has 1 nitrogen and oxygen atoms in total. The lowest BCUT2D eigenvalue weighted by atomic mass is 10.0. The van der Waals surface area contributed by atoms with Crippen molar-refractivity contribution >= 4 is 0 Å². The highest BCUT2D eigenvalue weighted by molar-refractivity contribution is 5.71. The Labute approximate surface area is 103 Å². The fourth-order valence-corrected chi connectivity index (χ4v) is 1.74. The topological polar surface area (TPSA) is 20.2 Å². The van der Waals surface area contributed by atoms with Crippen molar-refractivity contribution in [1.29, 1.82) is 0 Å². The first-order chi connectivity index (χ1) is 8.38. The molecule has 2 aromatic rings. The molecule has 0 radical (unpaired) electrons. The minimum absolute atomic E-state index is 0.0278. The van der Waals surface area contributed by atoms with Crippen molar-refractivity contribution in [3.8, 4) is 16.9 Å². The number of rotatable bonds is 1. The molecule has 0 fully saturated rings. The number of aryl methyl sites for hydroxylation is 1.